The van der Waals surface area contributed by atoms with E-state index in [0.717, 1.165) is 56.0 Å². The fraction of sp³-hybridized carbons (Fsp3) is 0.421. The van der Waals surface area contributed by atoms with Crippen molar-refractivity contribution in [3.8, 4) is 0 Å². The Bertz CT molecular complexity index is 882. The first-order chi connectivity index (χ1) is 12.9. The number of aromatic nitrogens is 3. The summed E-state index contributed by atoms with van der Waals surface area (Å²) < 4.78 is 5.42. The molecule has 2 aliphatic heterocycles. The maximum atomic E-state index is 5.42. The molecule has 0 amide bonds. The van der Waals surface area contributed by atoms with Crippen LogP contribution >= 0.6 is 0 Å². The summed E-state index contributed by atoms with van der Waals surface area (Å²) in [6, 6.07) is 7.26. The first-order valence-corrected chi connectivity index (χ1v) is 9.27. The molecule has 0 atom stereocenters. The number of rotatable bonds is 3. The zero-order valence-electron chi connectivity index (χ0n) is 14.7. The third-order valence-corrected chi connectivity index (χ3v) is 5.34. The predicted molar refractivity (Wildman–Crippen MR) is 102 cm³/mol. The van der Waals surface area contributed by atoms with E-state index in [1.807, 2.05) is 0 Å². The normalized spacial score (nSPS) is 18.1. The van der Waals surface area contributed by atoms with Crippen LogP contribution in [0.3, 0.4) is 0 Å². The number of fused-ring (bicyclic) bond motifs is 1. The van der Waals surface area contributed by atoms with E-state index in [2.05, 4.69) is 47.9 Å². The standard InChI is InChI=1S/C19H22N6O/c1-2-7-24(6-1)18-16-13-15(3-4-17(16)21-14-22-18)23-8-10-25(11-9-23)19-20-5-12-26-19/h3-5,12-14H,1-2,6-11H2. The van der Waals surface area contributed by atoms with Crippen molar-refractivity contribution in [1.29, 1.82) is 0 Å². The molecule has 7 nitrogen and oxygen atoms in total. The topological polar surface area (TPSA) is 61.5 Å². The molecular formula is C19H22N6O. The highest BCUT2D eigenvalue weighted by molar-refractivity contribution is 5.92. The molecule has 2 aliphatic rings. The van der Waals surface area contributed by atoms with Crippen molar-refractivity contribution >= 4 is 28.4 Å². The summed E-state index contributed by atoms with van der Waals surface area (Å²) >= 11 is 0. The number of nitrogens with zero attached hydrogens (tertiary/aromatic N) is 6. The van der Waals surface area contributed by atoms with E-state index in [0.29, 0.717) is 6.01 Å². The fourth-order valence-corrected chi connectivity index (χ4v) is 3.94. The average Bonchev–Trinajstić information content (AvgIpc) is 3.41. The van der Waals surface area contributed by atoms with Crippen molar-refractivity contribution in [1.82, 2.24) is 15.0 Å². The van der Waals surface area contributed by atoms with Crippen LogP contribution in [0.1, 0.15) is 12.8 Å². The molecule has 0 N–H and O–H groups in total. The van der Waals surface area contributed by atoms with Gasteiger partial charge < -0.3 is 19.1 Å². The van der Waals surface area contributed by atoms with Gasteiger partial charge in [-0.05, 0) is 31.0 Å². The van der Waals surface area contributed by atoms with Gasteiger partial charge in [-0.2, -0.15) is 0 Å². The van der Waals surface area contributed by atoms with Crippen LogP contribution in [0.5, 0.6) is 0 Å². The minimum Gasteiger partial charge on any atom is -0.432 e. The molecule has 134 valence electrons. The fourth-order valence-electron chi connectivity index (χ4n) is 3.94. The monoisotopic (exact) mass is 350 g/mol. The molecule has 1 aromatic carbocycles. The van der Waals surface area contributed by atoms with Crippen LogP contribution in [0.2, 0.25) is 0 Å². The maximum Gasteiger partial charge on any atom is 0.297 e. The molecule has 0 saturated carbocycles. The van der Waals surface area contributed by atoms with Crippen LogP contribution in [-0.4, -0.2) is 54.2 Å². The molecule has 0 bridgehead atoms. The summed E-state index contributed by atoms with van der Waals surface area (Å²) in [7, 11) is 0. The number of anilines is 3. The van der Waals surface area contributed by atoms with Gasteiger partial charge in [-0.25, -0.2) is 15.0 Å². The van der Waals surface area contributed by atoms with Gasteiger partial charge in [0.1, 0.15) is 18.4 Å². The van der Waals surface area contributed by atoms with E-state index in [4.69, 9.17) is 4.42 Å². The molecule has 0 unspecified atom stereocenters. The Morgan fingerprint density at radius 1 is 0.808 bits per heavy atom. The van der Waals surface area contributed by atoms with Gasteiger partial charge in [0.25, 0.3) is 6.01 Å². The predicted octanol–water partition coefficient (Wildman–Crippen LogP) is 2.54. The van der Waals surface area contributed by atoms with Crippen molar-refractivity contribution in [2.24, 2.45) is 0 Å². The Balaban J connectivity index is 1.40. The zero-order chi connectivity index (χ0) is 17.3. The second kappa shape index (κ2) is 6.48. The van der Waals surface area contributed by atoms with E-state index < -0.39 is 0 Å². The Morgan fingerprint density at radius 3 is 2.38 bits per heavy atom. The molecular weight excluding hydrogens is 328 g/mol. The van der Waals surface area contributed by atoms with Crippen molar-refractivity contribution in [3.05, 3.63) is 37.0 Å². The third-order valence-electron chi connectivity index (χ3n) is 5.34. The van der Waals surface area contributed by atoms with Gasteiger partial charge in [0, 0.05) is 50.3 Å². The van der Waals surface area contributed by atoms with E-state index in [9.17, 15) is 0 Å². The highest BCUT2D eigenvalue weighted by Crippen LogP contribution is 2.30. The smallest absolute Gasteiger partial charge is 0.297 e. The van der Waals surface area contributed by atoms with Gasteiger partial charge in [0.2, 0.25) is 0 Å². The van der Waals surface area contributed by atoms with Crippen LogP contribution in [0.4, 0.5) is 17.5 Å². The van der Waals surface area contributed by atoms with Gasteiger partial charge in [-0.3, -0.25) is 0 Å². The summed E-state index contributed by atoms with van der Waals surface area (Å²) in [6.07, 6.45) is 7.50. The second-order valence-corrected chi connectivity index (χ2v) is 6.88. The Hall–Kier alpha value is -2.83. The number of hydrogen-bond acceptors (Lipinski definition) is 7. The molecule has 2 aromatic heterocycles. The third kappa shape index (κ3) is 2.73. The molecule has 3 aromatic rings. The lowest BCUT2D eigenvalue weighted by Gasteiger charge is -2.35. The lowest BCUT2D eigenvalue weighted by Crippen LogP contribution is -2.46. The molecule has 2 fully saturated rings. The molecule has 0 spiro atoms. The molecule has 5 rings (SSSR count). The number of hydrogen-bond donors (Lipinski definition) is 0. The van der Waals surface area contributed by atoms with Gasteiger partial charge in [0.05, 0.1) is 11.7 Å². The number of benzene rings is 1. The second-order valence-electron chi connectivity index (χ2n) is 6.88. The molecule has 7 heteroatoms. The first-order valence-electron chi connectivity index (χ1n) is 9.27. The molecule has 0 radical (unpaired) electrons. The molecule has 0 aliphatic carbocycles. The number of piperazine rings is 1. The SMILES string of the molecule is c1coc(N2CCN(c3ccc4ncnc(N5CCCC5)c4c3)CC2)n1. The first kappa shape index (κ1) is 15.4. The summed E-state index contributed by atoms with van der Waals surface area (Å²) in [5.74, 6) is 1.08. The summed E-state index contributed by atoms with van der Waals surface area (Å²) in [4.78, 5) is 20.3. The van der Waals surface area contributed by atoms with Crippen LogP contribution < -0.4 is 14.7 Å². The van der Waals surface area contributed by atoms with Crippen molar-refractivity contribution in [2.45, 2.75) is 12.8 Å². The highest BCUT2D eigenvalue weighted by atomic mass is 16.4. The Morgan fingerprint density at radius 2 is 1.62 bits per heavy atom. The maximum absolute atomic E-state index is 5.42. The summed E-state index contributed by atoms with van der Waals surface area (Å²) in [6.45, 7) is 5.88. The summed E-state index contributed by atoms with van der Waals surface area (Å²) in [5, 5.41) is 1.15. The molecule has 26 heavy (non-hydrogen) atoms. The Labute approximate surface area is 152 Å². The van der Waals surface area contributed by atoms with E-state index in [1.54, 1.807) is 18.8 Å². The Kier molecular flexibility index (Phi) is 3.84. The highest BCUT2D eigenvalue weighted by Gasteiger charge is 2.21. The largest absolute Gasteiger partial charge is 0.432 e. The van der Waals surface area contributed by atoms with Crippen molar-refractivity contribution in [3.63, 3.8) is 0 Å². The summed E-state index contributed by atoms with van der Waals surface area (Å²) in [5.41, 5.74) is 2.25. The van der Waals surface area contributed by atoms with Crippen LogP contribution in [0.15, 0.2) is 41.4 Å². The van der Waals surface area contributed by atoms with Gasteiger partial charge in [-0.15, -0.1) is 0 Å². The van der Waals surface area contributed by atoms with E-state index >= 15 is 0 Å². The minimum atomic E-state index is 0.716. The lowest BCUT2D eigenvalue weighted by atomic mass is 10.1. The van der Waals surface area contributed by atoms with Gasteiger partial charge in [0.15, 0.2) is 0 Å². The van der Waals surface area contributed by atoms with E-state index in [1.165, 1.54) is 18.5 Å². The van der Waals surface area contributed by atoms with Crippen LogP contribution in [0.25, 0.3) is 10.9 Å². The van der Waals surface area contributed by atoms with Crippen LogP contribution in [-0.2, 0) is 0 Å². The van der Waals surface area contributed by atoms with Crippen molar-refractivity contribution in [2.75, 3.05) is 54.0 Å². The van der Waals surface area contributed by atoms with Gasteiger partial charge in [-0.1, -0.05) is 0 Å². The van der Waals surface area contributed by atoms with E-state index in [-0.39, 0.29) is 0 Å². The lowest BCUT2D eigenvalue weighted by molar-refractivity contribution is 0.516. The van der Waals surface area contributed by atoms with Crippen LogP contribution in [0, 0.1) is 0 Å². The van der Waals surface area contributed by atoms with Crippen molar-refractivity contribution < 1.29 is 4.42 Å². The minimum absolute atomic E-state index is 0.716. The average molecular weight is 350 g/mol. The van der Waals surface area contributed by atoms with Gasteiger partial charge >= 0.3 is 0 Å². The quantitative estimate of drug-likeness (QED) is 0.719. The molecule has 2 saturated heterocycles. The molecule has 4 heterocycles. The zero-order valence-corrected chi connectivity index (χ0v) is 14.7. The number of oxazole rings is 1.